The number of carbonyl (C=O) groups is 4. The molecule has 0 aliphatic rings. The maximum atomic E-state index is 13.2. The van der Waals surface area contributed by atoms with Crippen molar-refractivity contribution in [3.05, 3.63) is 0 Å². The first kappa shape index (κ1) is 107. The molecule has 2 unspecified atom stereocenters. The molecule has 109 heavy (non-hydrogen) atoms. The Morgan fingerprint density at radius 1 is 0.248 bits per heavy atom. The van der Waals surface area contributed by atoms with Crippen LogP contribution in [0.3, 0.4) is 0 Å². The van der Waals surface area contributed by atoms with E-state index in [0.717, 1.165) is 102 Å². The van der Waals surface area contributed by atoms with Crippen LogP contribution in [0.4, 0.5) is 0 Å². The Kier molecular flexibility index (Phi) is 79.8. The lowest BCUT2D eigenvalue weighted by Crippen LogP contribution is -2.30. The van der Waals surface area contributed by atoms with Crippen molar-refractivity contribution in [2.24, 2.45) is 11.8 Å². The Morgan fingerprint density at radius 2 is 0.422 bits per heavy atom. The van der Waals surface area contributed by atoms with Gasteiger partial charge in [0.05, 0.1) is 26.4 Å². The summed E-state index contributed by atoms with van der Waals surface area (Å²) in [5.74, 6) is -0.517. The third-order valence-electron chi connectivity index (χ3n) is 21.2. The number of esters is 4. The van der Waals surface area contributed by atoms with E-state index in [1.54, 1.807) is 0 Å². The van der Waals surface area contributed by atoms with Crippen LogP contribution in [0, 0.1) is 11.8 Å². The van der Waals surface area contributed by atoms with Crippen LogP contribution in [-0.2, 0) is 65.4 Å². The summed E-state index contributed by atoms with van der Waals surface area (Å²) in [6.07, 6.45) is 75.1. The van der Waals surface area contributed by atoms with Crippen LogP contribution >= 0.6 is 15.6 Å². The van der Waals surface area contributed by atoms with Gasteiger partial charge in [-0.15, -0.1) is 0 Å². The number of rotatable bonds is 89. The number of unbranched alkanes of at least 4 members (excludes halogenated alkanes) is 59. The summed E-state index contributed by atoms with van der Waals surface area (Å²) in [6.45, 7) is 9.73. The predicted molar refractivity (Wildman–Crippen MR) is 451 cm³/mol. The van der Waals surface area contributed by atoms with Gasteiger partial charge < -0.3 is 33.8 Å². The molecule has 0 aliphatic carbocycles. The van der Waals surface area contributed by atoms with E-state index in [9.17, 15) is 43.2 Å². The highest BCUT2D eigenvalue weighted by atomic mass is 31.2. The molecule has 0 spiro atoms. The number of hydrogen-bond acceptors (Lipinski definition) is 15. The lowest BCUT2D eigenvalue weighted by Gasteiger charge is -2.21. The molecule has 0 aromatic carbocycles. The van der Waals surface area contributed by atoms with Gasteiger partial charge in [-0.3, -0.25) is 37.3 Å². The zero-order chi connectivity index (χ0) is 79.9. The molecule has 3 N–H and O–H groups in total. The van der Waals surface area contributed by atoms with Crippen LogP contribution in [0.25, 0.3) is 0 Å². The molecule has 648 valence electrons. The number of ether oxygens (including phenoxy) is 4. The van der Waals surface area contributed by atoms with E-state index in [1.807, 2.05) is 0 Å². The summed E-state index contributed by atoms with van der Waals surface area (Å²) in [5.41, 5.74) is 0. The second-order valence-electron chi connectivity index (χ2n) is 33.3. The van der Waals surface area contributed by atoms with Gasteiger partial charge in [-0.05, 0) is 37.5 Å². The molecule has 0 aromatic rings. The van der Waals surface area contributed by atoms with Gasteiger partial charge in [-0.1, -0.05) is 433 Å². The second-order valence-corrected chi connectivity index (χ2v) is 36.2. The third-order valence-corrected chi connectivity index (χ3v) is 23.1. The summed E-state index contributed by atoms with van der Waals surface area (Å²) in [7, 11) is -9.93. The van der Waals surface area contributed by atoms with Crippen molar-refractivity contribution >= 4 is 39.5 Å². The number of aliphatic hydroxyl groups excluding tert-OH is 1. The van der Waals surface area contributed by atoms with Gasteiger partial charge in [0, 0.05) is 25.7 Å². The summed E-state index contributed by atoms with van der Waals surface area (Å²) in [6, 6.07) is 0. The van der Waals surface area contributed by atoms with Crippen molar-refractivity contribution in [2.75, 3.05) is 39.6 Å². The lowest BCUT2D eigenvalue weighted by molar-refractivity contribution is -0.161. The molecule has 0 rings (SSSR count). The predicted octanol–water partition coefficient (Wildman–Crippen LogP) is 27.8. The summed E-state index contributed by atoms with van der Waals surface area (Å²) in [4.78, 5) is 73.4. The van der Waals surface area contributed by atoms with E-state index in [0.29, 0.717) is 25.7 Å². The van der Waals surface area contributed by atoms with Crippen LogP contribution in [0.5, 0.6) is 0 Å². The zero-order valence-corrected chi connectivity index (χ0v) is 73.7. The normalized spacial score (nSPS) is 13.8. The van der Waals surface area contributed by atoms with Crippen molar-refractivity contribution in [3.63, 3.8) is 0 Å². The monoisotopic (exact) mass is 1590 g/mol. The van der Waals surface area contributed by atoms with Crippen LogP contribution in [0.1, 0.15) is 485 Å². The van der Waals surface area contributed by atoms with E-state index in [4.69, 9.17) is 37.0 Å². The zero-order valence-electron chi connectivity index (χ0n) is 71.9. The quantitative estimate of drug-likeness (QED) is 0.0222. The standard InChI is InChI=1S/C90H176O17P2/c1-7-9-11-13-15-17-19-21-23-24-25-26-27-31-34-38-41-48-54-60-66-72-87(92)100-78-85(106-90(95)75-69-63-57-51-43-39-35-32-29-28-30-33-36-40-46-52-58-64-70-82(3)4)80-104-108(96,97)102-76-84(91)77-103-109(98,99)105-81-86(79-101-88(93)73-67-61-55-49-45-44-47-53-59-65-71-83(5)6)107-89(94)74-68-62-56-50-42-37-22-20-18-16-14-12-10-8-2/h82-86,91H,7-81H2,1-6H3,(H,96,97)(H,98,99)/t84-,85-,86-/m1/s1. The maximum absolute atomic E-state index is 13.2. The first-order valence-electron chi connectivity index (χ1n) is 46.5. The fourth-order valence-corrected chi connectivity index (χ4v) is 15.7. The Hall–Kier alpha value is -1.94. The Balaban J connectivity index is 5.24. The van der Waals surface area contributed by atoms with Gasteiger partial charge in [0.15, 0.2) is 12.2 Å². The Labute approximate surface area is 670 Å². The van der Waals surface area contributed by atoms with Gasteiger partial charge >= 0.3 is 39.5 Å². The first-order chi connectivity index (χ1) is 52.9. The van der Waals surface area contributed by atoms with E-state index >= 15 is 0 Å². The molecule has 0 bridgehead atoms. The minimum Gasteiger partial charge on any atom is -0.462 e. The molecule has 0 amide bonds. The average Bonchev–Trinajstić information content (AvgIpc) is 0.898. The molecule has 0 saturated carbocycles. The minimum atomic E-state index is -4.97. The van der Waals surface area contributed by atoms with Crippen LogP contribution in [-0.4, -0.2) is 96.7 Å². The van der Waals surface area contributed by atoms with E-state index in [2.05, 4.69) is 41.5 Å². The van der Waals surface area contributed by atoms with Crippen LogP contribution in [0.2, 0.25) is 0 Å². The highest BCUT2D eigenvalue weighted by molar-refractivity contribution is 7.47. The van der Waals surface area contributed by atoms with Crippen molar-refractivity contribution < 1.29 is 80.2 Å². The number of carbonyl (C=O) groups excluding carboxylic acids is 4. The van der Waals surface area contributed by atoms with E-state index in [1.165, 1.54) is 302 Å². The molecular weight excluding hydrogens is 1410 g/mol. The molecule has 0 fully saturated rings. The number of phosphoric ester groups is 2. The van der Waals surface area contributed by atoms with Gasteiger partial charge in [-0.2, -0.15) is 0 Å². The molecule has 5 atom stereocenters. The topological polar surface area (TPSA) is 237 Å². The van der Waals surface area contributed by atoms with Crippen molar-refractivity contribution in [1.29, 1.82) is 0 Å². The van der Waals surface area contributed by atoms with E-state index < -0.39 is 97.5 Å². The number of aliphatic hydroxyl groups is 1. The lowest BCUT2D eigenvalue weighted by atomic mass is 10.0. The van der Waals surface area contributed by atoms with Gasteiger partial charge in [0.1, 0.15) is 19.3 Å². The molecule has 0 saturated heterocycles. The smallest absolute Gasteiger partial charge is 0.462 e. The van der Waals surface area contributed by atoms with Gasteiger partial charge in [0.2, 0.25) is 0 Å². The fraction of sp³-hybridized carbons (Fsp3) is 0.956. The Bertz CT molecular complexity index is 2080. The highest BCUT2D eigenvalue weighted by Crippen LogP contribution is 2.45. The second kappa shape index (κ2) is 81.2. The van der Waals surface area contributed by atoms with Crippen molar-refractivity contribution in [1.82, 2.24) is 0 Å². The van der Waals surface area contributed by atoms with Gasteiger partial charge in [-0.25, -0.2) is 9.13 Å². The first-order valence-corrected chi connectivity index (χ1v) is 49.5. The highest BCUT2D eigenvalue weighted by Gasteiger charge is 2.31. The SMILES string of the molecule is CCCCCCCCCCCCCCCCCCCCCCCC(=O)OC[C@H](COP(=O)(O)OC[C@@H](O)COP(=O)(O)OC[C@@H](COC(=O)CCCCCCCCCCCCC(C)C)OC(=O)CCCCCCCCCCCCCCCC)OC(=O)CCCCCCCCCCCCCCCCCCCCC(C)C. The molecule has 19 heteroatoms. The summed E-state index contributed by atoms with van der Waals surface area (Å²) < 4.78 is 69.0. The van der Waals surface area contributed by atoms with Crippen LogP contribution < -0.4 is 0 Å². The van der Waals surface area contributed by atoms with E-state index in [-0.39, 0.29) is 25.7 Å². The van der Waals surface area contributed by atoms with Crippen molar-refractivity contribution in [3.8, 4) is 0 Å². The van der Waals surface area contributed by atoms with Crippen molar-refractivity contribution in [2.45, 2.75) is 503 Å². The Morgan fingerprint density at radius 3 is 0.624 bits per heavy atom. The maximum Gasteiger partial charge on any atom is 0.472 e. The molecule has 0 heterocycles. The molecule has 0 aromatic heterocycles. The largest absolute Gasteiger partial charge is 0.472 e. The number of hydrogen-bond donors (Lipinski definition) is 3. The number of phosphoric acid groups is 2. The third kappa shape index (κ3) is 83.8. The average molecular weight is 1590 g/mol. The van der Waals surface area contributed by atoms with Gasteiger partial charge in [0.25, 0.3) is 0 Å². The summed E-state index contributed by atoms with van der Waals surface area (Å²) in [5, 5.41) is 10.7. The molecule has 0 radical (unpaired) electrons. The fourth-order valence-electron chi connectivity index (χ4n) is 14.1. The van der Waals surface area contributed by atoms with Crippen LogP contribution in [0.15, 0.2) is 0 Å². The minimum absolute atomic E-state index is 0.108. The molecular formula is C90H176O17P2. The summed E-state index contributed by atoms with van der Waals surface area (Å²) >= 11 is 0. The molecule has 0 aliphatic heterocycles. The molecule has 17 nitrogen and oxygen atoms in total.